The first kappa shape index (κ1) is 23.0. The number of likely N-dealkylation sites (N-methyl/N-ethyl adjacent to an activating group) is 1. The normalized spacial score (nSPS) is 17.0. The summed E-state index contributed by atoms with van der Waals surface area (Å²) in [5.41, 5.74) is 10.1. The monoisotopic (exact) mass is 474 g/mol. The van der Waals surface area contributed by atoms with Gasteiger partial charge in [-0.25, -0.2) is 9.97 Å². The topological polar surface area (TPSA) is 122 Å². The standard InChI is InChI=1S/C25H30N8O2/c1-25(2)13-15-14-27-24(28-16-5-7-17(8-6-16)33-11-9-31(3)10-12-33)29-19(15)21-18(25)20(30-32(21)4)22(34)23(26)35/h5-8,14H,9-13H2,1-4H3,(H2,26,35)(H,27,28,29). The van der Waals surface area contributed by atoms with Gasteiger partial charge in [0.05, 0.1) is 11.4 Å². The number of aromatic nitrogens is 4. The molecule has 0 radical (unpaired) electrons. The number of anilines is 3. The van der Waals surface area contributed by atoms with Gasteiger partial charge in [-0.05, 0) is 48.7 Å². The molecule has 3 aromatic rings. The van der Waals surface area contributed by atoms with Crippen LogP contribution < -0.4 is 16.0 Å². The Kier molecular flexibility index (Phi) is 5.55. The molecule has 3 heterocycles. The first-order valence-corrected chi connectivity index (χ1v) is 11.7. The summed E-state index contributed by atoms with van der Waals surface area (Å²) in [6.07, 6.45) is 2.43. The number of carbonyl (C=O) groups excluding carboxylic acids is 2. The highest BCUT2D eigenvalue weighted by Gasteiger charge is 2.40. The molecule has 0 saturated carbocycles. The summed E-state index contributed by atoms with van der Waals surface area (Å²) in [6, 6.07) is 8.27. The summed E-state index contributed by atoms with van der Waals surface area (Å²) in [5, 5.41) is 7.65. The fourth-order valence-electron chi connectivity index (χ4n) is 5.03. The van der Waals surface area contributed by atoms with Crippen LogP contribution in [0.25, 0.3) is 11.4 Å². The minimum atomic E-state index is -1.02. The number of nitrogens with two attached hydrogens (primary N) is 1. The zero-order valence-corrected chi connectivity index (χ0v) is 20.5. The number of fused-ring (bicyclic) bond motifs is 3. The van der Waals surface area contributed by atoms with Crippen molar-refractivity contribution in [2.24, 2.45) is 12.8 Å². The van der Waals surface area contributed by atoms with E-state index in [1.807, 2.05) is 32.2 Å². The van der Waals surface area contributed by atoms with Gasteiger partial charge >= 0.3 is 0 Å². The second kappa shape index (κ2) is 8.46. The second-order valence-corrected chi connectivity index (χ2v) is 9.98. The van der Waals surface area contributed by atoms with Crippen molar-refractivity contribution in [1.29, 1.82) is 0 Å². The molecule has 2 aliphatic rings. The quantitative estimate of drug-likeness (QED) is 0.425. The van der Waals surface area contributed by atoms with E-state index in [0.717, 1.165) is 37.4 Å². The van der Waals surface area contributed by atoms with Gasteiger partial charge in [0.25, 0.3) is 11.7 Å². The maximum Gasteiger partial charge on any atom is 0.291 e. The van der Waals surface area contributed by atoms with E-state index in [2.05, 4.69) is 44.4 Å². The molecule has 1 aliphatic heterocycles. The fraction of sp³-hybridized carbons (Fsp3) is 0.400. The Morgan fingerprint density at radius 1 is 1.06 bits per heavy atom. The molecular weight excluding hydrogens is 444 g/mol. The van der Waals surface area contributed by atoms with E-state index in [0.29, 0.717) is 29.3 Å². The number of carbonyl (C=O) groups is 2. The van der Waals surface area contributed by atoms with Crippen LogP contribution in [0.2, 0.25) is 0 Å². The number of aryl methyl sites for hydroxylation is 1. The Morgan fingerprint density at radius 3 is 2.40 bits per heavy atom. The predicted molar refractivity (Wildman–Crippen MR) is 134 cm³/mol. The average molecular weight is 475 g/mol. The van der Waals surface area contributed by atoms with Gasteiger partial charge in [-0.1, -0.05) is 13.8 Å². The minimum Gasteiger partial charge on any atom is -0.369 e. The summed E-state index contributed by atoms with van der Waals surface area (Å²) in [7, 11) is 3.89. The molecule has 10 nitrogen and oxygen atoms in total. The van der Waals surface area contributed by atoms with Crippen molar-refractivity contribution in [2.75, 3.05) is 43.4 Å². The summed E-state index contributed by atoms with van der Waals surface area (Å²) < 4.78 is 1.60. The Labute approximate surface area is 204 Å². The molecule has 2 aromatic heterocycles. The van der Waals surface area contributed by atoms with Gasteiger partial charge in [-0.15, -0.1) is 0 Å². The lowest BCUT2D eigenvalue weighted by atomic mass is 9.73. The fourth-order valence-corrected chi connectivity index (χ4v) is 5.03. The van der Waals surface area contributed by atoms with E-state index in [-0.39, 0.29) is 5.69 Å². The molecule has 3 N–H and O–H groups in total. The van der Waals surface area contributed by atoms with Gasteiger partial charge in [-0.2, -0.15) is 5.10 Å². The van der Waals surface area contributed by atoms with Crippen LogP contribution in [-0.4, -0.2) is 69.6 Å². The first-order valence-electron chi connectivity index (χ1n) is 11.7. The number of primary amides is 1. The maximum atomic E-state index is 12.5. The molecule has 0 bridgehead atoms. The Hall–Kier alpha value is -3.79. The highest BCUT2D eigenvalue weighted by molar-refractivity contribution is 6.42. The van der Waals surface area contributed by atoms with Gasteiger partial charge in [0.1, 0.15) is 5.69 Å². The van der Waals surface area contributed by atoms with Crippen molar-refractivity contribution in [3.05, 3.63) is 47.3 Å². The van der Waals surface area contributed by atoms with Crippen LogP contribution in [0.5, 0.6) is 0 Å². The van der Waals surface area contributed by atoms with Crippen molar-refractivity contribution >= 4 is 29.0 Å². The zero-order chi connectivity index (χ0) is 24.9. The predicted octanol–water partition coefficient (Wildman–Crippen LogP) is 1.87. The smallest absolute Gasteiger partial charge is 0.291 e. The number of nitrogens with one attached hydrogen (secondary N) is 1. The van der Waals surface area contributed by atoms with Gasteiger partial charge in [0, 0.05) is 56.4 Å². The van der Waals surface area contributed by atoms with Crippen molar-refractivity contribution < 1.29 is 9.59 Å². The van der Waals surface area contributed by atoms with E-state index in [1.54, 1.807) is 11.7 Å². The molecule has 35 heavy (non-hydrogen) atoms. The minimum absolute atomic E-state index is 0.0956. The molecule has 0 unspecified atom stereocenters. The van der Waals surface area contributed by atoms with E-state index in [9.17, 15) is 9.59 Å². The molecule has 0 spiro atoms. The van der Waals surface area contributed by atoms with Crippen LogP contribution in [0.3, 0.4) is 0 Å². The van der Waals surface area contributed by atoms with Crippen molar-refractivity contribution in [2.45, 2.75) is 25.7 Å². The summed E-state index contributed by atoms with van der Waals surface area (Å²) in [4.78, 5) is 38.2. The lowest BCUT2D eigenvalue weighted by Crippen LogP contribution is -2.44. The number of nitrogens with zero attached hydrogens (tertiary/aromatic N) is 6. The number of hydrogen-bond donors (Lipinski definition) is 2. The van der Waals surface area contributed by atoms with Crippen LogP contribution in [0.1, 0.15) is 35.5 Å². The number of hydrogen-bond acceptors (Lipinski definition) is 8. The van der Waals surface area contributed by atoms with Crippen LogP contribution in [0, 0.1) is 0 Å². The number of amides is 1. The number of benzene rings is 1. The Morgan fingerprint density at radius 2 is 1.74 bits per heavy atom. The summed E-state index contributed by atoms with van der Waals surface area (Å²) in [5.74, 6) is -1.35. The molecular formula is C25H30N8O2. The lowest BCUT2D eigenvalue weighted by molar-refractivity contribution is -0.114. The lowest BCUT2D eigenvalue weighted by Gasteiger charge is -2.34. The largest absolute Gasteiger partial charge is 0.369 e. The third-order valence-electron chi connectivity index (χ3n) is 6.88. The van der Waals surface area contributed by atoms with Crippen LogP contribution in [0.4, 0.5) is 17.3 Å². The summed E-state index contributed by atoms with van der Waals surface area (Å²) >= 11 is 0. The molecule has 10 heteroatoms. The Balaban J connectivity index is 1.44. The molecule has 1 amide bonds. The third-order valence-corrected chi connectivity index (χ3v) is 6.88. The number of piperazine rings is 1. The van der Waals surface area contributed by atoms with Crippen molar-refractivity contribution in [3.63, 3.8) is 0 Å². The van der Waals surface area contributed by atoms with E-state index in [1.165, 1.54) is 5.69 Å². The first-order chi connectivity index (χ1) is 16.6. The number of ketones is 1. The number of Topliss-reactive ketones (excluding diaryl/α,β-unsaturated/α-hetero) is 1. The molecule has 1 fully saturated rings. The third kappa shape index (κ3) is 4.14. The summed E-state index contributed by atoms with van der Waals surface area (Å²) in [6.45, 7) is 8.18. The van der Waals surface area contributed by atoms with E-state index < -0.39 is 17.1 Å². The highest BCUT2D eigenvalue weighted by atomic mass is 16.2. The van der Waals surface area contributed by atoms with Gasteiger partial charge in [-0.3, -0.25) is 14.3 Å². The molecule has 5 rings (SSSR count). The molecule has 0 atom stereocenters. The van der Waals surface area contributed by atoms with Crippen LogP contribution in [-0.2, 0) is 23.7 Å². The molecule has 1 aliphatic carbocycles. The average Bonchev–Trinajstić information content (AvgIpc) is 3.18. The molecule has 1 aromatic carbocycles. The second-order valence-electron chi connectivity index (χ2n) is 9.98. The maximum absolute atomic E-state index is 12.5. The highest BCUT2D eigenvalue weighted by Crippen LogP contribution is 2.44. The zero-order valence-electron chi connectivity index (χ0n) is 20.5. The van der Waals surface area contributed by atoms with Crippen molar-refractivity contribution in [3.8, 4) is 11.4 Å². The SMILES string of the molecule is CN1CCN(c2ccc(Nc3ncc4c(n3)-c3c(c(C(=O)C(N)=O)nn3C)C(C)(C)C4)cc2)CC1. The Bertz CT molecular complexity index is 1300. The van der Waals surface area contributed by atoms with Gasteiger partial charge in [0.15, 0.2) is 0 Å². The van der Waals surface area contributed by atoms with Crippen molar-refractivity contribution in [1.82, 2.24) is 24.6 Å². The number of rotatable bonds is 5. The van der Waals surface area contributed by atoms with Gasteiger partial charge in [0.2, 0.25) is 5.95 Å². The van der Waals surface area contributed by atoms with Gasteiger partial charge < -0.3 is 20.9 Å². The molecule has 1 saturated heterocycles. The van der Waals surface area contributed by atoms with E-state index >= 15 is 0 Å². The van der Waals surface area contributed by atoms with E-state index in [4.69, 9.17) is 10.7 Å². The van der Waals surface area contributed by atoms with Crippen LogP contribution >= 0.6 is 0 Å². The molecule has 182 valence electrons. The van der Waals surface area contributed by atoms with Crippen LogP contribution in [0.15, 0.2) is 30.5 Å².